The van der Waals surface area contributed by atoms with E-state index in [0.717, 1.165) is 5.56 Å². The van der Waals surface area contributed by atoms with Crippen molar-refractivity contribution < 1.29 is 34.3 Å². The maximum atomic E-state index is 12.0. The minimum atomic E-state index is -4.67. The first kappa shape index (κ1) is 16.2. The normalized spacial score (nSPS) is 10.4. The topological polar surface area (TPSA) is 9.23 Å². The van der Waals surface area contributed by atoms with Gasteiger partial charge in [-0.3, -0.25) is 0 Å². The van der Waals surface area contributed by atoms with Crippen LogP contribution >= 0.6 is 13.6 Å². The van der Waals surface area contributed by atoms with Crippen molar-refractivity contribution >= 4 is 13.6 Å². The summed E-state index contributed by atoms with van der Waals surface area (Å²) in [7, 11) is 0. The van der Waals surface area contributed by atoms with Gasteiger partial charge < -0.3 is 4.74 Å². The average molecular weight is 382 g/mol. The zero-order chi connectivity index (χ0) is 14.3. The molecule has 2 aromatic rings. The van der Waals surface area contributed by atoms with Gasteiger partial charge in [-0.1, -0.05) is 17.7 Å². The Morgan fingerprint density at radius 3 is 2.32 bits per heavy atom. The molecule has 1 nitrogen and oxygen atoms in total. The van der Waals surface area contributed by atoms with E-state index in [1.54, 1.807) is 30.3 Å². The van der Waals surface area contributed by atoms with Crippen LogP contribution in [0.1, 0.15) is 0 Å². The first-order valence-corrected chi connectivity index (χ1v) is 12.1. The van der Waals surface area contributed by atoms with E-state index in [1.165, 1.54) is 34.5 Å². The Hall–Kier alpha value is -0.867. The van der Waals surface area contributed by atoms with E-state index in [9.17, 15) is 13.2 Å². The molecule has 0 aliphatic carbocycles. The molecular weight excluding hydrogens is 374 g/mol. The molecule has 0 atom stereocenters. The molecule has 0 spiro atoms. The van der Waals surface area contributed by atoms with Crippen molar-refractivity contribution in [2.45, 2.75) is 6.36 Å². The molecule has 96 valence electrons. The Kier molecular flexibility index (Phi) is 6.52. The Morgan fingerprint density at radius 1 is 1.05 bits per heavy atom. The van der Waals surface area contributed by atoms with Crippen LogP contribution in [-0.2, 0) is 16.3 Å². The monoisotopic (exact) mass is 380 g/mol. The van der Waals surface area contributed by atoms with E-state index in [0.29, 0.717) is 5.56 Å². The van der Waals surface area contributed by atoms with Gasteiger partial charge in [-0.05, 0) is 12.1 Å². The number of ether oxygens (including phenoxy) is 1. The van der Waals surface area contributed by atoms with Crippen LogP contribution in [0.4, 0.5) is 13.2 Å². The van der Waals surface area contributed by atoms with Crippen LogP contribution in [0.5, 0.6) is 5.75 Å². The number of benzene rings is 2. The fraction of sp³-hybridized carbons (Fsp3) is 0.0769. The van der Waals surface area contributed by atoms with Crippen LogP contribution in [-0.4, -0.2) is 6.36 Å². The van der Waals surface area contributed by atoms with Gasteiger partial charge in [-0.15, -0.1) is 18.7 Å². The van der Waals surface area contributed by atoms with Gasteiger partial charge in [-0.2, -0.15) is 30.3 Å². The Morgan fingerprint density at radius 2 is 1.74 bits per heavy atom. The second kappa shape index (κ2) is 7.66. The zero-order valence-electron chi connectivity index (χ0n) is 9.75. The minimum absolute atomic E-state index is 0.223. The Bertz CT molecular complexity index is 503. The van der Waals surface area contributed by atoms with E-state index in [-0.39, 0.29) is 5.75 Å². The van der Waals surface area contributed by atoms with Crippen molar-refractivity contribution in [1.82, 2.24) is 0 Å². The summed E-state index contributed by atoms with van der Waals surface area (Å²) in [5.74, 6) is -0.223. The summed E-state index contributed by atoms with van der Waals surface area (Å²) >= 11 is 4.25. The van der Waals surface area contributed by atoms with Crippen molar-refractivity contribution in [3.8, 4) is 16.9 Å². The molecule has 0 fully saturated rings. The molecule has 0 bridgehead atoms. The summed E-state index contributed by atoms with van der Waals surface area (Å²) in [6.07, 6.45) is -4.67. The third-order valence-corrected chi connectivity index (χ3v) is 2.11. The van der Waals surface area contributed by atoms with E-state index < -0.39 is 6.36 Å². The third kappa shape index (κ3) is 5.75. The molecule has 0 aromatic heterocycles. The summed E-state index contributed by atoms with van der Waals surface area (Å²) in [5, 5.41) is 0. The molecule has 0 aliphatic rings. The second-order valence-corrected chi connectivity index (χ2v) is 3.37. The first-order valence-electron chi connectivity index (χ1n) is 5.14. The van der Waals surface area contributed by atoms with Crippen molar-refractivity contribution in [2.24, 2.45) is 0 Å². The molecule has 0 heterocycles. The van der Waals surface area contributed by atoms with Gasteiger partial charge in [0.25, 0.3) is 0 Å². The van der Waals surface area contributed by atoms with Crippen LogP contribution < -0.4 is 4.74 Å². The molecule has 19 heavy (non-hydrogen) atoms. The predicted octanol–water partition coefficient (Wildman–Crippen LogP) is 4.90. The van der Waals surface area contributed by atoms with Crippen LogP contribution in [0, 0.1) is 6.07 Å². The van der Waals surface area contributed by atoms with Crippen molar-refractivity contribution in [3.63, 3.8) is 0 Å². The molecule has 0 saturated heterocycles. The summed E-state index contributed by atoms with van der Waals surface area (Å²) in [5.41, 5.74) is 1.45. The third-order valence-electron chi connectivity index (χ3n) is 2.11. The molecule has 2 rings (SSSR count). The van der Waals surface area contributed by atoms with Gasteiger partial charge in [0.2, 0.25) is 0 Å². The van der Waals surface area contributed by atoms with Gasteiger partial charge in [0.05, 0.1) is 0 Å². The van der Waals surface area contributed by atoms with E-state index >= 15 is 0 Å². The van der Waals surface area contributed by atoms with Gasteiger partial charge in [0.1, 0.15) is 5.75 Å². The van der Waals surface area contributed by atoms with Gasteiger partial charge in [0, 0.05) is 0 Å². The summed E-state index contributed by atoms with van der Waals surface area (Å²) in [6.45, 7) is 0. The molecule has 0 N–H and O–H groups in total. The number of rotatable bonds is 2. The predicted molar refractivity (Wildman–Crippen MR) is 66.3 cm³/mol. The standard InChI is InChI=1S/C13H8F3O.BrH.Zn/c14-13(15,16)17-12-8-4-7-11(9-12)10-5-2-1-3-6-10;;/h1-2,4-9H;1H;/q-1;;+2/p-1. The summed E-state index contributed by atoms with van der Waals surface area (Å²) < 4.78 is 40.0. The van der Waals surface area contributed by atoms with Crippen molar-refractivity contribution in [2.75, 3.05) is 0 Å². The fourth-order valence-electron chi connectivity index (χ4n) is 1.45. The molecule has 0 aliphatic heterocycles. The SMILES string of the molecule is FC(F)(F)Oc1cccc(-c2c[c-]ccc2)c1.[Zn+][Br]. The van der Waals surface area contributed by atoms with Crippen LogP contribution in [0.2, 0.25) is 0 Å². The number of hydrogen-bond donors (Lipinski definition) is 0. The van der Waals surface area contributed by atoms with Crippen LogP contribution in [0.15, 0.2) is 48.5 Å². The van der Waals surface area contributed by atoms with E-state index in [1.807, 2.05) is 0 Å². The van der Waals surface area contributed by atoms with Crippen LogP contribution in [0.3, 0.4) is 0 Å². The van der Waals surface area contributed by atoms with Crippen molar-refractivity contribution in [1.29, 1.82) is 0 Å². The zero-order valence-corrected chi connectivity index (χ0v) is 14.3. The number of alkyl halides is 3. The molecular formula is C13H8BrF3OZn. The summed E-state index contributed by atoms with van der Waals surface area (Å²) in [6, 6.07) is 15.7. The molecule has 0 saturated carbocycles. The van der Waals surface area contributed by atoms with Gasteiger partial charge >= 0.3 is 36.3 Å². The fourth-order valence-corrected chi connectivity index (χ4v) is 1.45. The molecule has 0 unspecified atom stereocenters. The Labute approximate surface area is 125 Å². The maximum absolute atomic E-state index is 12.0. The van der Waals surface area contributed by atoms with Crippen molar-refractivity contribution in [3.05, 3.63) is 54.6 Å². The number of hydrogen-bond acceptors (Lipinski definition) is 1. The average Bonchev–Trinajstić information content (AvgIpc) is 2.40. The van der Waals surface area contributed by atoms with E-state index in [4.69, 9.17) is 0 Å². The van der Waals surface area contributed by atoms with Gasteiger partial charge in [-0.25, -0.2) is 0 Å². The molecule has 0 amide bonds. The van der Waals surface area contributed by atoms with Gasteiger partial charge in [0.15, 0.2) is 0 Å². The molecule has 6 heteroatoms. The number of halogens is 4. The summed E-state index contributed by atoms with van der Waals surface area (Å²) in [4.78, 5) is 0. The molecule has 2 aromatic carbocycles. The van der Waals surface area contributed by atoms with E-state index in [2.05, 4.69) is 24.4 Å². The second-order valence-electron chi connectivity index (χ2n) is 3.37. The molecule has 0 radical (unpaired) electrons. The Balaban J connectivity index is 0.000000861. The van der Waals surface area contributed by atoms with Crippen LogP contribution in [0.25, 0.3) is 11.1 Å². The first-order chi connectivity index (χ1) is 9.04. The quantitative estimate of drug-likeness (QED) is 0.530.